The summed E-state index contributed by atoms with van der Waals surface area (Å²) in [5, 5.41) is 8.24. The summed E-state index contributed by atoms with van der Waals surface area (Å²) in [7, 11) is 0. The number of fused-ring (bicyclic) bond motifs is 6. The van der Waals surface area contributed by atoms with Crippen molar-refractivity contribution in [2.24, 2.45) is 0 Å². The normalized spacial score (nSPS) is 11.6. The van der Waals surface area contributed by atoms with E-state index in [2.05, 4.69) is 153 Å². The first-order valence-corrected chi connectivity index (χ1v) is 17.6. The first-order chi connectivity index (χ1) is 25.7. The molecule has 0 radical (unpaired) electrons. The average molecular weight is 665 g/mol. The standard InChI is InChI=1S/C50H32O2/c1-3-36-44-30-35(28-29-47(44)51-45(36)4-2)31-20-24-33(25-21-31)48-39-13-5-7-15-41(39)49(42-16-8-6-14-40(42)48)34-26-22-32(23-27-34)37-17-11-18-43-38-12-9-10-19-46(38)52-50(37)43/h3-30H,1-2H2. The van der Waals surface area contributed by atoms with Gasteiger partial charge in [-0.3, -0.25) is 0 Å². The summed E-state index contributed by atoms with van der Waals surface area (Å²) in [4.78, 5) is 0. The molecule has 2 nitrogen and oxygen atoms in total. The van der Waals surface area contributed by atoms with E-state index in [-0.39, 0.29) is 0 Å². The maximum Gasteiger partial charge on any atom is 0.143 e. The Labute approximate surface area is 301 Å². The largest absolute Gasteiger partial charge is 0.456 e. The van der Waals surface area contributed by atoms with Crippen molar-refractivity contribution < 1.29 is 8.83 Å². The predicted octanol–water partition coefficient (Wildman–Crippen LogP) is 14.6. The molecule has 0 aliphatic heterocycles. The molecule has 0 unspecified atom stereocenters. The highest BCUT2D eigenvalue weighted by molar-refractivity contribution is 6.21. The number of rotatable bonds is 6. The van der Waals surface area contributed by atoms with Crippen molar-refractivity contribution in [3.63, 3.8) is 0 Å². The maximum absolute atomic E-state index is 6.38. The van der Waals surface area contributed by atoms with Crippen LogP contribution in [0.5, 0.6) is 0 Å². The van der Waals surface area contributed by atoms with Crippen LogP contribution in [0, 0.1) is 0 Å². The molecule has 244 valence electrons. The lowest BCUT2D eigenvalue weighted by molar-refractivity contribution is 0.603. The fourth-order valence-corrected chi connectivity index (χ4v) is 8.05. The van der Waals surface area contributed by atoms with Crippen molar-refractivity contribution in [2.75, 3.05) is 0 Å². The smallest absolute Gasteiger partial charge is 0.143 e. The number of benzene rings is 8. The molecular weight excluding hydrogens is 633 g/mol. The summed E-state index contributed by atoms with van der Waals surface area (Å²) >= 11 is 0. The summed E-state index contributed by atoms with van der Waals surface area (Å²) in [6.45, 7) is 7.91. The van der Waals surface area contributed by atoms with E-state index in [4.69, 9.17) is 8.83 Å². The molecule has 2 heterocycles. The average Bonchev–Trinajstić information content (AvgIpc) is 3.78. The monoisotopic (exact) mass is 664 g/mol. The number of hydrogen-bond donors (Lipinski definition) is 0. The quantitative estimate of drug-likeness (QED) is 0.165. The molecule has 8 aromatic carbocycles. The molecule has 0 saturated carbocycles. The first-order valence-electron chi connectivity index (χ1n) is 17.6. The van der Waals surface area contributed by atoms with Gasteiger partial charge >= 0.3 is 0 Å². The van der Waals surface area contributed by atoms with Gasteiger partial charge in [0.05, 0.1) is 0 Å². The minimum Gasteiger partial charge on any atom is -0.456 e. The zero-order valence-electron chi connectivity index (χ0n) is 28.4. The third kappa shape index (κ3) is 4.58. The van der Waals surface area contributed by atoms with Gasteiger partial charge in [-0.2, -0.15) is 0 Å². The van der Waals surface area contributed by atoms with Crippen LogP contribution in [0.2, 0.25) is 0 Å². The summed E-state index contributed by atoms with van der Waals surface area (Å²) in [6, 6.07) is 56.5. The lowest BCUT2D eigenvalue weighted by atomic mass is 9.85. The van der Waals surface area contributed by atoms with E-state index in [9.17, 15) is 0 Å². The SMILES string of the molecule is C=Cc1oc2ccc(-c3ccc(-c4c5ccccc5c(-c5ccc(-c6cccc7c6oc6ccccc67)cc5)c5ccccc45)cc3)cc2c1C=C. The molecule has 0 atom stereocenters. The topological polar surface area (TPSA) is 26.3 Å². The summed E-state index contributed by atoms with van der Waals surface area (Å²) < 4.78 is 12.4. The number of hydrogen-bond acceptors (Lipinski definition) is 2. The van der Waals surface area contributed by atoms with E-state index in [0.717, 1.165) is 66.5 Å². The summed E-state index contributed by atoms with van der Waals surface area (Å²) in [5.74, 6) is 0.746. The van der Waals surface area contributed by atoms with Gasteiger partial charge < -0.3 is 8.83 Å². The Kier molecular flexibility index (Phi) is 6.84. The minimum atomic E-state index is 0.746. The Morgan fingerprint density at radius 3 is 1.46 bits per heavy atom. The molecule has 0 saturated heterocycles. The highest BCUT2D eigenvalue weighted by Gasteiger charge is 2.18. The Bertz CT molecular complexity index is 2970. The van der Waals surface area contributed by atoms with Crippen LogP contribution in [0.25, 0.3) is 111 Å². The van der Waals surface area contributed by atoms with Crippen LogP contribution in [-0.2, 0) is 0 Å². The Balaban J connectivity index is 1.08. The molecule has 0 aliphatic rings. The molecule has 0 spiro atoms. The van der Waals surface area contributed by atoms with Crippen LogP contribution < -0.4 is 0 Å². The van der Waals surface area contributed by atoms with Crippen molar-refractivity contribution >= 4 is 66.6 Å². The zero-order chi connectivity index (χ0) is 34.8. The number of furan rings is 2. The van der Waals surface area contributed by atoms with E-state index < -0.39 is 0 Å². The second kappa shape index (κ2) is 11.9. The molecule has 0 N–H and O–H groups in total. The second-order valence-electron chi connectivity index (χ2n) is 13.3. The predicted molar refractivity (Wildman–Crippen MR) is 220 cm³/mol. The summed E-state index contributed by atoms with van der Waals surface area (Å²) in [5.41, 5.74) is 13.0. The van der Waals surface area contributed by atoms with E-state index in [1.54, 1.807) is 6.08 Å². The van der Waals surface area contributed by atoms with Crippen molar-refractivity contribution in [2.45, 2.75) is 0 Å². The molecule has 0 aliphatic carbocycles. The van der Waals surface area contributed by atoms with Gasteiger partial charge in [0.25, 0.3) is 0 Å². The van der Waals surface area contributed by atoms with Crippen molar-refractivity contribution in [3.05, 3.63) is 182 Å². The van der Waals surface area contributed by atoms with Gasteiger partial charge in [0.15, 0.2) is 0 Å². The van der Waals surface area contributed by atoms with Gasteiger partial charge in [-0.15, -0.1) is 0 Å². The highest BCUT2D eigenvalue weighted by atomic mass is 16.3. The lowest BCUT2D eigenvalue weighted by Crippen LogP contribution is -1.91. The Morgan fingerprint density at radius 2 is 0.865 bits per heavy atom. The van der Waals surface area contributed by atoms with Gasteiger partial charge in [-0.05, 0) is 84.8 Å². The Morgan fingerprint density at radius 1 is 0.365 bits per heavy atom. The number of para-hydroxylation sites is 2. The van der Waals surface area contributed by atoms with E-state index in [1.807, 2.05) is 24.3 Å². The molecule has 10 rings (SSSR count). The van der Waals surface area contributed by atoms with Gasteiger partial charge in [0.1, 0.15) is 22.5 Å². The van der Waals surface area contributed by atoms with Crippen LogP contribution in [0.3, 0.4) is 0 Å². The van der Waals surface area contributed by atoms with Crippen LogP contribution in [0.4, 0.5) is 0 Å². The molecule has 0 fully saturated rings. The van der Waals surface area contributed by atoms with Gasteiger partial charge in [0.2, 0.25) is 0 Å². The lowest BCUT2D eigenvalue weighted by Gasteiger charge is -2.18. The molecule has 2 aromatic heterocycles. The molecule has 2 heteroatoms. The molecule has 0 bridgehead atoms. The third-order valence-corrected chi connectivity index (χ3v) is 10.5. The van der Waals surface area contributed by atoms with E-state index in [0.29, 0.717) is 0 Å². The second-order valence-corrected chi connectivity index (χ2v) is 13.3. The van der Waals surface area contributed by atoms with Crippen molar-refractivity contribution in [3.8, 4) is 44.5 Å². The van der Waals surface area contributed by atoms with E-state index >= 15 is 0 Å². The fourth-order valence-electron chi connectivity index (χ4n) is 8.05. The summed E-state index contributed by atoms with van der Waals surface area (Å²) in [6.07, 6.45) is 3.58. The van der Waals surface area contributed by atoms with Crippen molar-refractivity contribution in [1.82, 2.24) is 0 Å². The van der Waals surface area contributed by atoms with Crippen LogP contribution >= 0.6 is 0 Å². The van der Waals surface area contributed by atoms with Gasteiger partial charge in [-0.1, -0.05) is 159 Å². The first kappa shape index (κ1) is 30.0. The minimum absolute atomic E-state index is 0.746. The van der Waals surface area contributed by atoms with Crippen LogP contribution in [-0.4, -0.2) is 0 Å². The zero-order valence-corrected chi connectivity index (χ0v) is 28.4. The van der Waals surface area contributed by atoms with E-state index in [1.165, 1.54) is 43.8 Å². The fraction of sp³-hybridized carbons (Fsp3) is 0. The van der Waals surface area contributed by atoms with Gasteiger partial charge in [0, 0.05) is 27.3 Å². The van der Waals surface area contributed by atoms with Crippen LogP contribution in [0.15, 0.2) is 180 Å². The van der Waals surface area contributed by atoms with Gasteiger partial charge in [-0.25, -0.2) is 0 Å². The third-order valence-electron chi connectivity index (χ3n) is 10.5. The molecule has 10 aromatic rings. The Hall–Kier alpha value is -6.90. The molecule has 0 amide bonds. The molecule has 52 heavy (non-hydrogen) atoms. The van der Waals surface area contributed by atoms with Crippen molar-refractivity contribution in [1.29, 1.82) is 0 Å². The highest BCUT2D eigenvalue weighted by Crippen LogP contribution is 2.45. The van der Waals surface area contributed by atoms with Crippen LogP contribution in [0.1, 0.15) is 11.3 Å². The molecular formula is C50H32O2. The maximum atomic E-state index is 6.38.